The van der Waals surface area contributed by atoms with Gasteiger partial charge in [-0.05, 0) is 48.5 Å². The van der Waals surface area contributed by atoms with Crippen LogP contribution in [0, 0.1) is 0 Å². The van der Waals surface area contributed by atoms with Gasteiger partial charge in [0.05, 0.1) is 25.3 Å². The van der Waals surface area contributed by atoms with E-state index in [1.807, 2.05) is 0 Å². The molecule has 0 bridgehead atoms. The minimum absolute atomic E-state index is 0.0231. The summed E-state index contributed by atoms with van der Waals surface area (Å²) in [4.78, 5) is 24.2. The summed E-state index contributed by atoms with van der Waals surface area (Å²) in [6, 6.07) is 15.6. The van der Waals surface area contributed by atoms with E-state index in [1.54, 1.807) is 48.5 Å². The molecule has 1 heterocycles. The number of carbonyl (C=O) groups is 2. The molecule has 3 rings (SSSR count). The molecule has 0 spiro atoms. The second kappa shape index (κ2) is 8.63. The van der Waals surface area contributed by atoms with Gasteiger partial charge in [0.15, 0.2) is 0 Å². The Bertz CT molecular complexity index is 873. The monoisotopic (exact) mass is 380 g/mol. The lowest BCUT2D eigenvalue weighted by Gasteiger charge is -2.06. The Kier molecular flexibility index (Phi) is 5.81. The van der Waals surface area contributed by atoms with Crippen molar-refractivity contribution in [2.24, 2.45) is 0 Å². The molecule has 2 aromatic carbocycles. The molecule has 0 fully saturated rings. The Morgan fingerprint density at radius 1 is 0.607 bits per heavy atom. The van der Waals surface area contributed by atoms with E-state index in [9.17, 15) is 9.59 Å². The third kappa shape index (κ3) is 4.61. The molecule has 0 unspecified atom stereocenters. The largest absolute Gasteiger partial charge is 0.497 e. The van der Waals surface area contributed by atoms with Crippen molar-refractivity contribution in [1.29, 1.82) is 0 Å². The van der Waals surface area contributed by atoms with Crippen molar-refractivity contribution in [2.75, 3.05) is 14.2 Å². The van der Waals surface area contributed by atoms with Gasteiger partial charge in [0.2, 0.25) is 11.8 Å². The third-order valence-electron chi connectivity index (χ3n) is 3.66. The fourth-order valence-electron chi connectivity index (χ4n) is 2.18. The van der Waals surface area contributed by atoms with Crippen LogP contribution in [0.15, 0.2) is 60.7 Å². The highest BCUT2D eigenvalue weighted by molar-refractivity contribution is 5.91. The molecule has 0 aliphatic rings. The molecule has 0 atom stereocenters. The third-order valence-corrected chi connectivity index (χ3v) is 3.66. The van der Waals surface area contributed by atoms with Gasteiger partial charge in [-0.1, -0.05) is 0 Å². The number of rotatable bonds is 6. The maximum absolute atomic E-state index is 12.1. The van der Waals surface area contributed by atoms with Gasteiger partial charge < -0.3 is 18.9 Å². The van der Waals surface area contributed by atoms with Gasteiger partial charge in [-0.2, -0.15) is 0 Å². The van der Waals surface area contributed by atoms with E-state index in [2.05, 4.69) is 10.2 Å². The smallest absolute Gasteiger partial charge is 0.344 e. The maximum atomic E-state index is 12.1. The Hall–Kier alpha value is -3.94. The van der Waals surface area contributed by atoms with Crippen molar-refractivity contribution in [3.05, 3.63) is 71.8 Å². The lowest BCUT2D eigenvalue weighted by atomic mass is 10.2. The number of hydrogen-bond acceptors (Lipinski definition) is 8. The average Bonchev–Trinajstić information content (AvgIpc) is 2.75. The number of aromatic nitrogens is 2. The number of benzene rings is 2. The minimum atomic E-state index is -0.597. The predicted octanol–water partition coefficient (Wildman–Crippen LogP) is 2.93. The minimum Gasteiger partial charge on any atom is -0.497 e. The molecular weight excluding hydrogens is 364 g/mol. The van der Waals surface area contributed by atoms with Gasteiger partial charge >= 0.3 is 11.9 Å². The highest BCUT2D eigenvalue weighted by atomic mass is 16.6. The zero-order chi connectivity index (χ0) is 19.9. The first-order valence-electron chi connectivity index (χ1n) is 8.15. The van der Waals surface area contributed by atoms with Crippen molar-refractivity contribution < 1.29 is 28.5 Å². The van der Waals surface area contributed by atoms with E-state index >= 15 is 0 Å². The molecule has 8 heteroatoms. The summed E-state index contributed by atoms with van der Waals surface area (Å²) in [6.45, 7) is 0. The van der Waals surface area contributed by atoms with Crippen LogP contribution in [-0.2, 0) is 0 Å². The Morgan fingerprint density at radius 3 is 1.25 bits per heavy atom. The number of carbonyl (C=O) groups excluding carboxylic acids is 2. The molecule has 0 aliphatic heterocycles. The Morgan fingerprint density at radius 2 is 0.964 bits per heavy atom. The van der Waals surface area contributed by atoms with Crippen LogP contribution < -0.4 is 18.9 Å². The number of hydrogen-bond donors (Lipinski definition) is 0. The van der Waals surface area contributed by atoms with Crippen LogP contribution in [0.3, 0.4) is 0 Å². The molecule has 8 nitrogen and oxygen atoms in total. The van der Waals surface area contributed by atoms with E-state index in [-0.39, 0.29) is 11.8 Å². The van der Waals surface area contributed by atoms with Gasteiger partial charge in [0, 0.05) is 12.1 Å². The standard InChI is InChI=1S/C20H16N2O6/c1-25-15-7-3-13(4-8-15)19(23)27-17-11-12-18(22-21-17)28-20(24)14-5-9-16(26-2)10-6-14/h3-12H,1-2H3. The van der Waals surface area contributed by atoms with Crippen molar-refractivity contribution >= 4 is 11.9 Å². The second-order valence-corrected chi connectivity index (χ2v) is 5.45. The fourth-order valence-corrected chi connectivity index (χ4v) is 2.18. The van der Waals surface area contributed by atoms with E-state index in [0.717, 1.165) is 0 Å². The molecular formula is C20H16N2O6. The zero-order valence-electron chi connectivity index (χ0n) is 15.1. The van der Waals surface area contributed by atoms with Crippen molar-refractivity contribution in [1.82, 2.24) is 10.2 Å². The fraction of sp³-hybridized carbons (Fsp3) is 0.100. The average molecular weight is 380 g/mol. The summed E-state index contributed by atoms with van der Waals surface area (Å²) in [5.41, 5.74) is 0.662. The van der Waals surface area contributed by atoms with E-state index in [0.29, 0.717) is 22.6 Å². The quantitative estimate of drug-likeness (QED) is 0.602. The van der Waals surface area contributed by atoms with Gasteiger partial charge in [-0.15, -0.1) is 10.2 Å². The van der Waals surface area contributed by atoms with Crippen molar-refractivity contribution in [3.8, 4) is 23.3 Å². The van der Waals surface area contributed by atoms with Crippen LogP contribution >= 0.6 is 0 Å². The second-order valence-electron chi connectivity index (χ2n) is 5.45. The SMILES string of the molecule is COc1ccc(C(=O)Oc2ccc(OC(=O)c3ccc(OC)cc3)nn2)cc1. The summed E-state index contributed by atoms with van der Waals surface area (Å²) in [6.07, 6.45) is 0. The predicted molar refractivity (Wildman–Crippen MR) is 97.9 cm³/mol. The molecule has 0 N–H and O–H groups in total. The van der Waals surface area contributed by atoms with Crippen molar-refractivity contribution in [3.63, 3.8) is 0 Å². The molecule has 142 valence electrons. The summed E-state index contributed by atoms with van der Waals surface area (Å²) < 4.78 is 20.3. The molecule has 0 saturated heterocycles. The van der Waals surface area contributed by atoms with Crippen LogP contribution in [0.5, 0.6) is 23.3 Å². The number of esters is 2. The first kappa shape index (κ1) is 18.8. The number of ether oxygens (including phenoxy) is 4. The highest BCUT2D eigenvalue weighted by Crippen LogP contribution is 2.17. The first-order chi connectivity index (χ1) is 13.6. The lowest BCUT2D eigenvalue weighted by Crippen LogP contribution is -2.12. The summed E-state index contributed by atoms with van der Waals surface area (Å²) >= 11 is 0. The maximum Gasteiger partial charge on any atom is 0.344 e. The number of methoxy groups -OCH3 is 2. The highest BCUT2D eigenvalue weighted by Gasteiger charge is 2.13. The molecule has 0 amide bonds. The zero-order valence-corrected chi connectivity index (χ0v) is 15.1. The Labute approximate surface area is 160 Å². The van der Waals surface area contributed by atoms with E-state index in [4.69, 9.17) is 18.9 Å². The van der Waals surface area contributed by atoms with Crippen molar-refractivity contribution in [2.45, 2.75) is 0 Å². The summed E-state index contributed by atoms with van der Waals surface area (Å²) in [7, 11) is 3.07. The van der Waals surface area contributed by atoms with E-state index in [1.165, 1.54) is 26.4 Å². The van der Waals surface area contributed by atoms with Gasteiger partial charge in [0.1, 0.15) is 11.5 Å². The molecule has 1 aromatic heterocycles. The molecule has 0 radical (unpaired) electrons. The number of nitrogens with zero attached hydrogens (tertiary/aromatic N) is 2. The molecule has 28 heavy (non-hydrogen) atoms. The van der Waals surface area contributed by atoms with Crippen LogP contribution in [-0.4, -0.2) is 36.4 Å². The topological polar surface area (TPSA) is 96.8 Å². The van der Waals surface area contributed by atoms with Gasteiger partial charge in [0.25, 0.3) is 0 Å². The van der Waals surface area contributed by atoms with E-state index < -0.39 is 11.9 Å². The van der Waals surface area contributed by atoms with Crippen LogP contribution in [0.1, 0.15) is 20.7 Å². The lowest BCUT2D eigenvalue weighted by molar-refractivity contribution is 0.0704. The van der Waals surface area contributed by atoms with Gasteiger partial charge in [-0.25, -0.2) is 9.59 Å². The molecule has 0 aliphatic carbocycles. The summed E-state index contributed by atoms with van der Waals surface area (Å²) in [5.74, 6) is 0.00808. The van der Waals surface area contributed by atoms with Crippen LogP contribution in [0.25, 0.3) is 0 Å². The molecule has 3 aromatic rings. The van der Waals surface area contributed by atoms with Gasteiger partial charge in [-0.3, -0.25) is 0 Å². The van der Waals surface area contributed by atoms with Crippen LogP contribution in [0.4, 0.5) is 0 Å². The first-order valence-corrected chi connectivity index (χ1v) is 8.15. The summed E-state index contributed by atoms with van der Waals surface area (Å²) in [5, 5.41) is 7.47. The van der Waals surface area contributed by atoms with Crippen LogP contribution in [0.2, 0.25) is 0 Å². The Balaban J connectivity index is 1.60. The molecule has 0 saturated carbocycles. The normalized spacial score (nSPS) is 10.1.